The number of carbonyl (C=O) groups is 1. The van der Waals surface area contributed by atoms with Crippen molar-refractivity contribution in [3.05, 3.63) is 41.6 Å². The molecule has 0 spiro atoms. The Morgan fingerprint density at radius 1 is 1.50 bits per heavy atom. The summed E-state index contributed by atoms with van der Waals surface area (Å²) in [5.74, 6) is 0.733. The largest absolute Gasteiger partial charge is 0.307 e. The number of anilines is 1. The van der Waals surface area contributed by atoms with E-state index in [9.17, 15) is 4.79 Å². The third kappa shape index (κ3) is 3.19. The highest BCUT2D eigenvalue weighted by Crippen LogP contribution is 2.23. The van der Waals surface area contributed by atoms with Crippen LogP contribution in [-0.2, 0) is 6.42 Å². The number of carbonyl (C=O) groups excluding carboxylic acids is 1. The predicted molar refractivity (Wildman–Crippen MR) is 78.7 cm³/mol. The van der Waals surface area contributed by atoms with Gasteiger partial charge in [-0.25, -0.2) is 0 Å². The zero-order chi connectivity index (χ0) is 14.4. The quantitative estimate of drug-likeness (QED) is 0.828. The van der Waals surface area contributed by atoms with E-state index in [1.54, 1.807) is 18.3 Å². The molecule has 6 heteroatoms. The number of aromatic nitrogens is 2. The second-order valence-electron chi connectivity index (χ2n) is 4.02. The van der Waals surface area contributed by atoms with Gasteiger partial charge in [-0.3, -0.25) is 9.89 Å². The Labute approximate surface area is 121 Å². The summed E-state index contributed by atoms with van der Waals surface area (Å²) >= 11 is 1.35. The van der Waals surface area contributed by atoms with Crippen molar-refractivity contribution >= 4 is 23.5 Å². The van der Waals surface area contributed by atoms with Gasteiger partial charge in [0.1, 0.15) is 5.82 Å². The number of amides is 1. The Bertz CT molecular complexity index is 645. The summed E-state index contributed by atoms with van der Waals surface area (Å²) in [5, 5.41) is 18.2. The topological polar surface area (TPSA) is 81.6 Å². The van der Waals surface area contributed by atoms with Crippen molar-refractivity contribution in [3.63, 3.8) is 0 Å². The third-order valence-electron chi connectivity index (χ3n) is 2.76. The number of aryl methyl sites for hydroxylation is 1. The summed E-state index contributed by atoms with van der Waals surface area (Å²) in [6.07, 6.45) is 2.49. The molecule has 1 amide bonds. The SMILES string of the molecule is CCc1cn[nH]c1NC(=O)c1ccccc1SCC#N. The zero-order valence-corrected chi connectivity index (χ0v) is 11.8. The molecule has 102 valence electrons. The fourth-order valence-corrected chi connectivity index (χ4v) is 2.47. The van der Waals surface area contributed by atoms with Crippen molar-refractivity contribution in [1.29, 1.82) is 5.26 Å². The van der Waals surface area contributed by atoms with Gasteiger partial charge in [-0.15, -0.1) is 11.8 Å². The maximum Gasteiger partial charge on any atom is 0.257 e. The van der Waals surface area contributed by atoms with Crippen molar-refractivity contribution in [2.75, 3.05) is 11.1 Å². The summed E-state index contributed by atoms with van der Waals surface area (Å²) in [6.45, 7) is 2.00. The fourth-order valence-electron chi connectivity index (χ4n) is 1.76. The molecule has 0 aliphatic heterocycles. The van der Waals surface area contributed by atoms with Crippen LogP contribution in [0.15, 0.2) is 35.4 Å². The highest BCUT2D eigenvalue weighted by atomic mass is 32.2. The monoisotopic (exact) mass is 286 g/mol. The number of nitrogens with one attached hydrogen (secondary N) is 2. The molecule has 1 heterocycles. The Kier molecular flexibility index (Phi) is 4.80. The van der Waals surface area contributed by atoms with Crippen LogP contribution in [0.1, 0.15) is 22.8 Å². The van der Waals surface area contributed by atoms with E-state index < -0.39 is 0 Å². The lowest BCUT2D eigenvalue weighted by Gasteiger charge is -2.08. The van der Waals surface area contributed by atoms with E-state index in [4.69, 9.17) is 5.26 Å². The first kappa shape index (κ1) is 14.2. The van der Waals surface area contributed by atoms with Crippen LogP contribution in [0.25, 0.3) is 0 Å². The minimum absolute atomic E-state index is 0.204. The van der Waals surface area contributed by atoms with E-state index in [2.05, 4.69) is 21.6 Å². The average Bonchev–Trinajstić information content (AvgIpc) is 2.92. The molecule has 20 heavy (non-hydrogen) atoms. The van der Waals surface area contributed by atoms with Gasteiger partial charge in [0.25, 0.3) is 5.91 Å². The fraction of sp³-hybridized carbons (Fsp3) is 0.214. The first-order valence-electron chi connectivity index (χ1n) is 6.18. The van der Waals surface area contributed by atoms with Crippen LogP contribution in [0.4, 0.5) is 5.82 Å². The molecule has 0 saturated heterocycles. The molecular weight excluding hydrogens is 272 g/mol. The van der Waals surface area contributed by atoms with Gasteiger partial charge in [0.15, 0.2) is 0 Å². The smallest absolute Gasteiger partial charge is 0.257 e. The van der Waals surface area contributed by atoms with Gasteiger partial charge in [-0.1, -0.05) is 19.1 Å². The molecule has 0 fully saturated rings. The average molecular weight is 286 g/mol. The molecule has 1 aromatic carbocycles. The molecule has 0 bridgehead atoms. The lowest BCUT2D eigenvalue weighted by molar-refractivity contribution is 0.102. The number of hydrogen-bond acceptors (Lipinski definition) is 4. The molecule has 0 aliphatic carbocycles. The summed E-state index contributed by atoms with van der Waals surface area (Å²) < 4.78 is 0. The summed E-state index contributed by atoms with van der Waals surface area (Å²) in [5.41, 5.74) is 1.52. The number of nitriles is 1. The highest BCUT2D eigenvalue weighted by molar-refractivity contribution is 7.99. The lowest BCUT2D eigenvalue weighted by atomic mass is 10.2. The summed E-state index contributed by atoms with van der Waals surface area (Å²) in [7, 11) is 0. The molecule has 0 unspecified atom stereocenters. The summed E-state index contributed by atoms with van der Waals surface area (Å²) in [4.78, 5) is 13.1. The third-order valence-corrected chi connectivity index (χ3v) is 3.70. The normalized spacial score (nSPS) is 10.0. The number of thioether (sulfide) groups is 1. The molecule has 0 aliphatic rings. The molecule has 0 saturated carbocycles. The molecule has 2 rings (SSSR count). The van der Waals surface area contributed by atoms with E-state index in [1.807, 2.05) is 19.1 Å². The number of nitrogens with zero attached hydrogens (tertiary/aromatic N) is 2. The van der Waals surface area contributed by atoms with Gasteiger partial charge in [-0.2, -0.15) is 10.4 Å². The van der Waals surface area contributed by atoms with Crippen LogP contribution in [0, 0.1) is 11.3 Å². The van der Waals surface area contributed by atoms with E-state index in [-0.39, 0.29) is 5.91 Å². The number of hydrogen-bond donors (Lipinski definition) is 2. The number of aromatic amines is 1. The molecule has 0 atom stereocenters. The van der Waals surface area contributed by atoms with E-state index in [0.717, 1.165) is 16.9 Å². The minimum Gasteiger partial charge on any atom is -0.307 e. The maximum absolute atomic E-state index is 12.3. The molecule has 2 N–H and O–H groups in total. The van der Waals surface area contributed by atoms with Crippen molar-refractivity contribution in [2.45, 2.75) is 18.2 Å². The molecular formula is C14H14N4OS. The lowest BCUT2D eigenvalue weighted by Crippen LogP contribution is -2.14. The Morgan fingerprint density at radius 2 is 2.30 bits per heavy atom. The molecule has 2 aromatic rings. The highest BCUT2D eigenvalue weighted by Gasteiger charge is 2.13. The van der Waals surface area contributed by atoms with E-state index >= 15 is 0 Å². The van der Waals surface area contributed by atoms with Gasteiger partial charge in [0.05, 0.1) is 23.6 Å². The summed E-state index contributed by atoms with van der Waals surface area (Å²) in [6, 6.07) is 9.30. The van der Waals surface area contributed by atoms with Gasteiger partial charge < -0.3 is 5.32 Å². The van der Waals surface area contributed by atoms with Gasteiger partial charge >= 0.3 is 0 Å². The first-order valence-corrected chi connectivity index (χ1v) is 7.17. The van der Waals surface area contributed by atoms with Crippen LogP contribution in [-0.4, -0.2) is 21.9 Å². The predicted octanol–water partition coefficient (Wildman–Crippen LogP) is 2.84. The van der Waals surface area contributed by atoms with Crippen molar-refractivity contribution < 1.29 is 4.79 Å². The number of rotatable bonds is 5. The van der Waals surface area contributed by atoms with Crippen molar-refractivity contribution in [2.24, 2.45) is 0 Å². The van der Waals surface area contributed by atoms with E-state index in [0.29, 0.717) is 17.1 Å². The molecule has 5 nitrogen and oxygen atoms in total. The minimum atomic E-state index is -0.204. The standard InChI is InChI=1S/C14H14N4OS/c1-2-10-9-16-18-13(10)17-14(19)11-5-3-4-6-12(11)20-8-7-15/h3-6,9H,2,8H2,1H3,(H2,16,17,18,19). The molecule has 0 radical (unpaired) electrons. The Balaban J connectivity index is 2.19. The van der Waals surface area contributed by atoms with Gasteiger partial charge in [-0.05, 0) is 18.6 Å². The van der Waals surface area contributed by atoms with E-state index in [1.165, 1.54) is 11.8 Å². The number of benzene rings is 1. The molecule has 1 aromatic heterocycles. The van der Waals surface area contributed by atoms with Gasteiger partial charge in [0, 0.05) is 10.5 Å². The van der Waals surface area contributed by atoms with Crippen molar-refractivity contribution in [3.8, 4) is 6.07 Å². The first-order chi connectivity index (χ1) is 9.76. The van der Waals surface area contributed by atoms with Crippen LogP contribution in [0.3, 0.4) is 0 Å². The van der Waals surface area contributed by atoms with Gasteiger partial charge in [0.2, 0.25) is 0 Å². The second kappa shape index (κ2) is 6.78. The van der Waals surface area contributed by atoms with Crippen LogP contribution in [0.2, 0.25) is 0 Å². The zero-order valence-electron chi connectivity index (χ0n) is 11.0. The van der Waals surface area contributed by atoms with Crippen LogP contribution < -0.4 is 5.32 Å². The second-order valence-corrected chi connectivity index (χ2v) is 5.04. The maximum atomic E-state index is 12.3. The number of H-pyrrole nitrogens is 1. The van der Waals surface area contributed by atoms with Crippen LogP contribution >= 0.6 is 11.8 Å². The Hall–Kier alpha value is -2.26. The van der Waals surface area contributed by atoms with Crippen LogP contribution in [0.5, 0.6) is 0 Å². The van der Waals surface area contributed by atoms with Crippen molar-refractivity contribution in [1.82, 2.24) is 10.2 Å². The Morgan fingerprint density at radius 3 is 3.05 bits per heavy atom.